The standard InChI is InChI=1S/C20H32N4O/c1-17-8-7-15-24(16-17)19(25)12-14-23-20(21-2)22-13-6-11-18-9-4-3-5-10-18/h3-5,9-10,17H,6-8,11-16H2,1-2H3,(H2,21,22,23). The van der Waals surface area contributed by atoms with Crippen molar-refractivity contribution >= 4 is 11.9 Å². The zero-order valence-electron chi connectivity index (χ0n) is 15.6. The number of piperidine rings is 1. The van der Waals surface area contributed by atoms with E-state index in [1.807, 2.05) is 11.0 Å². The molecule has 1 aromatic carbocycles. The van der Waals surface area contributed by atoms with Gasteiger partial charge in [-0.3, -0.25) is 9.79 Å². The molecule has 0 aliphatic carbocycles. The van der Waals surface area contributed by atoms with Gasteiger partial charge in [0, 0.05) is 39.6 Å². The van der Waals surface area contributed by atoms with Crippen LogP contribution in [0, 0.1) is 5.92 Å². The number of nitrogens with zero attached hydrogens (tertiary/aromatic N) is 2. The van der Waals surface area contributed by atoms with Gasteiger partial charge in [0.25, 0.3) is 0 Å². The predicted octanol–water partition coefficient (Wildman–Crippen LogP) is 2.43. The molecule has 1 atom stereocenters. The normalized spacial score (nSPS) is 18.1. The molecule has 2 N–H and O–H groups in total. The zero-order chi connectivity index (χ0) is 17.9. The Morgan fingerprint density at radius 2 is 2.00 bits per heavy atom. The van der Waals surface area contributed by atoms with Crippen molar-refractivity contribution in [2.24, 2.45) is 10.9 Å². The molecule has 0 bridgehead atoms. The molecule has 1 heterocycles. The minimum atomic E-state index is 0.249. The Kier molecular flexibility index (Phi) is 8.29. The largest absolute Gasteiger partial charge is 0.356 e. The molecule has 1 aromatic rings. The number of benzene rings is 1. The SMILES string of the molecule is CN=C(NCCCc1ccccc1)NCCC(=O)N1CCCC(C)C1. The van der Waals surface area contributed by atoms with Gasteiger partial charge in [0.1, 0.15) is 0 Å². The van der Waals surface area contributed by atoms with Gasteiger partial charge in [-0.25, -0.2) is 0 Å². The van der Waals surface area contributed by atoms with Crippen LogP contribution in [-0.4, -0.2) is 50.0 Å². The van der Waals surface area contributed by atoms with Crippen molar-refractivity contribution in [2.75, 3.05) is 33.2 Å². The summed E-state index contributed by atoms with van der Waals surface area (Å²) in [7, 11) is 1.76. The summed E-state index contributed by atoms with van der Waals surface area (Å²) in [4.78, 5) is 18.5. The van der Waals surface area contributed by atoms with Crippen molar-refractivity contribution in [2.45, 2.75) is 39.0 Å². The lowest BCUT2D eigenvalue weighted by atomic mass is 10.00. The van der Waals surface area contributed by atoms with Crippen LogP contribution in [0.1, 0.15) is 38.2 Å². The van der Waals surface area contributed by atoms with Crippen LogP contribution in [-0.2, 0) is 11.2 Å². The first-order valence-corrected chi connectivity index (χ1v) is 9.45. The van der Waals surface area contributed by atoms with E-state index < -0.39 is 0 Å². The van der Waals surface area contributed by atoms with Gasteiger partial charge >= 0.3 is 0 Å². The molecule has 0 saturated carbocycles. The molecule has 1 amide bonds. The highest BCUT2D eigenvalue weighted by atomic mass is 16.2. The molecular weight excluding hydrogens is 312 g/mol. The molecule has 1 saturated heterocycles. The lowest BCUT2D eigenvalue weighted by Gasteiger charge is -2.31. The summed E-state index contributed by atoms with van der Waals surface area (Å²) in [5.74, 6) is 1.65. The summed E-state index contributed by atoms with van der Waals surface area (Å²) < 4.78 is 0. The Hall–Kier alpha value is -2.04. The summed E-state index contributed by atoms with van der Waals surface area (Å²) in [5.41, 5.74) is 1.36. The average molecular weight is 345 g/mol. The second-order valence-corrected chi connectivity index (χ2v) is 6.85. The van der Waals surface area contributed by atoms with Crippen LogP contribution < -0.4 is 10.6 Å². The lowest BCUT2D eigenvalue weighted by molar-refractivity contribution is -0.132. The van der Waals surface area contributed by atoms with E-state index in [0.29, 0.717) is 18.9 Å². The monoisotopic (exact) mass is 344 g/mol. The molecule has 0 radical (unpaired) electrons. The summed E-state index contributed by atoms with van der Waals surface area (Å²) in [6, 6.07) is 10.5. The summed E-state index contributed by atoms with van der Waals surface area (Å²) in [6.45, 7) is 5.54. The maximum atomic E-state index is 12.3. The Balaban J connectivity index is 1.59. The third kappa shape index (κ3) is 7.16. The first kappa shape index (κ1) is 19.3. The maximum Gasteiger partial charge on any atom is 0.224 e. The summed E-state index contributed by atoms with van der Waals surface area (Å²) in [6.07, 6.45) is 5.00. The number of nitrogens with one attached hydrogen (secondary N) is 2. The third-order valence-electron chi connectivity index (χ3n) is 4.64. The molecule has 1 unspecified atom stereocenters. The number of aliphatic imine (C=N–C) groups is 1. The quantitative estimate of drug-likeness (QED) is 0.454. The number of carbonyl (C=O) groups is 1. The smallest absolute Gasteiger partial charge is 0.224 e. The number of carbonyl (C=O) groups excluding carboxylic acids is 1. The van der Waals surface area contributed by atoms with Gasteiger partial charge < -0.3 is 15.5 Å². The second-order valence-electron chi connectivity index (χ2n) is 6.85. The Morgan fingerprint density at radius 3 is 2.72 bits per heavy atom. The van der Waals surface area contributed by atoms with E-state index >= 15 is 0 Å². The van der Waals surface area contributed by atoms with E-state index in [-0.39, 0.29) is 5.91 Å². The molecule has 1 fully saturated rings. The third-order valence-corrected chi connectivity index (χ3v) is 4.64. The van der Waals surface area contributed by atoms with Crippen molar-refractivity contribution in [3.05, 3.63) is 35.9 Å². The van der Waals surface area contributed by atoms with Crippen molar-refractivity contribution in [1.29, 1.82) is 0 Å². The highest BCUT2D eigenvalue weighted by Crippen LogP contribution is 2.15. The fourth-order valence-electron chi connectivity index (χ4n) is 3.23. The van der Waals surface area contributed by atoms with Crippen molar-refractivity contribution in [3.8, 4) is 0 Å². The Morgan fingerprint density at radius 1 is 1.24 bits per heavy atom. The zero-order valence-corrected chi connectivity index (χ0v) is 15.6. The van der Waals surface area contributed by atoms with Crippen LogP contribution in [0.3, 0.4) is 0 Å². The van der Waals surface area contributed by atoms with E-state index in [1.54, 1.807) is 7.05 Å². The number of hydrogen-bond donors (Lipinski definition) is 2. The van der Waals surface area contributed by atoms with E-state index in [1.165, 1.54) is 12.0 Å². The predicted molar refractivity (Wildman–Crippen MR) is 104 cm³/mol. The minimum Gasteiger partial charge on any atom is -0.356 e. The average Bonchev–Trinajstić information content (AvgIpc) is 2.64. The molecule has 5 heteroatoms. The van der Waals surface area contributed by atoms with Gasteiger partial charge in [-0.05, 0) is 37.2 Å². The molecule has 1 aliphatic heterocycles. The highest BCUT2D eigenvalue weighted by Gasteiger charge is 2.20. The Labute approximate surface area is 151 Å². The fraction of sp³-hybridized carbons (Fsp3) is 0.600. The van der Waals surface area contributed by atoms with Gasteiger partial charge in [0.05, 0.1) is 0 Å². The van der Waals surface area contributed by atoms with E-state index in [4.69, 9.17) is 0 Å². The summed E-state index contributed by atoms with van der Waals surface area (Å²) >= 11 is 0. The topological polar surface area (TPSA) is 56.7 Å². The lowest BCUT2D eigenvalue weighted by Crippen LogP contribution is -2.42. The molecular formula is C20H32N4O. The number of amides is 1. The van der Waals surface area contributed by atoms with Crippen LogP contribution in [0.4, 0.5) is 0 Å². The van der Waals surface area contributed by atoms with Gasteiger partial charge in [0.2, 0.25) is 5.91 Å². The summed E-state index contributed by atoms with van der Waals surface area (Å²) in [5, 5.41) is 6.55. The number of hydrogen-bond acceptors (Lipinski definition) is 2. The van der Waals surface area contributed by atoms with Crippen molar-refractivity contribution in [3.63, 3.8) is 0 Å². The van der Waals surface area contributed by atoms with E-state index in [9.17, 15) is 4.79 Å². The van der Waals surface area contributed by atoms with Crippen LogP contribution in [0.2, 0.25) is 0 Å². The number of likely N-dealkylation sites (tertiary alicyclic amines) is 1. The molecule has 1 aliphatic rings. The van der Waals surface area contributed by atoms with Crippen LogP contribution in [0.5, 0.6) is 0 Å². The van der Waals surface area contributed by atoms with Crippen LogP contribution >= 0.6 is 0 Å². The molecule has 0 spiro atoms. The highest BCUT2D eigenvalue weighted by molar-refractivity contribution is 5.81. The molecule has 2 rings (SSSR count). The number of rotatable bonds is 7. The number of guanidine groups is 1. The first-order valence-electron chi connectivity index (χ1n) is 9.45. The van der Waals surface area contributed by atoms with Gasteiger partial charge in [-0.1, -0.05) is 37.3 Å². The fourth-order valence-corrected chi connectivity index (χ4v) is 3.23. The van der Waals surface area contributed by atoms with E-state index in [0.717, 1.165) is 44.9 Å². The minimum absolute atomic E-state index is 0.249. The first-order chi connectivity index (χ1) is 12.2. The maximum absolute atomic E-state index is 12.3. The molecule has 5 nitrogen and oxygen atoms in total. The van der Waals surface area contributed by atoms with Gasteiger partial charge in [-0.15, -0.1) is 0 Å². The number of aryl methyl sites for hydroxylation is 1. The van der Waals surface area contributed by atoms with Crippen LogP contribution in [0.15, 0.2) is 35.3 Å². The van der Waals surface area contributed by atoms with E-state index in [2.05, 4.69) is 46.8 Å². The Bertz CT molecular complexity index is 544. The molecule has 25 heavy (non-hydrogen) atoms. The van der Waals surface area contributed by atoms with Crippen molar-refractivity contribution < 1.29 is 4.79 Å². The molecule has 0 aromatic heterocycles. The van der Waals surface area contributed by atoms with Gasteiger partial charge in [-0.2, -0.15) is 0 Å². The van der Waals surface area contributed by atoms with Crippen molar-refractivity contribution in [1.82, 2.24) is 15.5 Å². The van der Waals surface area contributed by atoms with Crippen LogP contribution in [0.25, 0.3) is 0 Å². The van der Waals surface area contributed by atoms with Gasteiger partial charge in [0.15, 0.2) is 5.96 Å². The second kappa shape index (κ2) is 10.7. The molecule has 138 valence electrons.